The Morgan fingerprint density at radius 3 is 3.06 bits per heavy atom. The number of hydrogen-bond acceptors (Lipinski definition) is 3. The van der Waals surface area contributed by atoms with Crippen LogP contribution in [0.25, 0.3) is 0 Å². The number of rotatable bonds is 0. The Balaban J connectivity index is 1.76. The van der Waals surface area contributed by atoms with Gasteiger partial charge in [-0.25, -0.2) is 5.43 Å². The highest BCUT2D eigenvalue weighted by atomic mass is 16.2. The topological polar surface area (TPSA) is 53.2 Å². The minimum absolute atomic E-state index is 0.105. The molecular weight excluding hydrogens is 226 g/mol. The highest BCUT2D eigenvalue weighted by Gasteiger charge is 2.45. The van der Waals surface area contributed by atoms with Gasteiger partial charge in [0.2, 0.25) is 5.91 Å². The lowest BCUT2D eigenvalue weighted by Gasteiger charge is -2.39. The summed E-state index contributed by atoms with van der Waals surface area (Å²) in [7, 11) is 0. The lowest BCUT2D eigenvalue weighted by Crippen LogP contribution is -2.56. The summed E-state index contributed by atoms with van der Waals surface area (Å²) in [6.07, 6.45) is 13.3. The first-order valence-electron chi connectivity index (χ1n) is 6.96. The molecule has 0 radical (unpaired) electrons. The van der Waals surface area contributed by atoms with Crippen molar-refractivity contribution in [3.05, 3.63) is 24.3 Å². The highest BCUT2D eigenvalue weighted by Crippen LogP contribution is 2.30. The number of amides is 1. The Morgan fingerprint density at radius 2 is 2.11 bits per heavy atom. The molecule has 1 aliphatic carbocycles. The summed E-state index contributed by atoms with van der Waals surface area (Å²) in [5, 5.41) is 3.56. The van der Waals surface area contributed by atoms with Crippen molar-refractivity contribution in [3.8, 4) is 0 Å². The van der Waals surface area contributed by atoms with Crippen LogP contribution < -0.4 is 16.2 Å². The van der Waals surface area contributed by atoms with Crippen molar-refractivity contribution >= 4 is 5.91 Å². The van der Waals surface area contributed by atoms with Crippen molar-refractivity contribution in [1.82, 2.24) is 16.2 Å². The summed E-state index contributed by atoms with van der Waals surface area (Å²) >= 11 is 0. The largest absolute Gasteiger partial charge is 0.312 e. The van der Waals surface area contributed by atoms with Crippen molar-refractivity contribution < 1.29 is 4.79 Å². The average Bonchev–Trinajstić information content (AvgIpc) is 2.77. The molecule has 3 N–H and O–H groups in total. The van der Waals surface area contributed by atoms with E-state index in [0.29, 0.717) is 18.0 Å². The number of carbonyl (C=O) groups is 1. The van der Waals surface area contributed by atoms with Crippen LogP contribution in [0.5, 0.6) is 0 Å². The molecular formula is C14H21N3O. The van der Waals surface area contributed by atoms with Crippen LogP contribution in [0.1, 0.15) is 25.7 Å². The third-order valence-electron chi connectivity index (χ3n) is 4.39. The van der Waals surface area contributed by atoms with E-state index in [0.717, 1.165) is 19.4 Å². The second-order valence-corrected chi connectivity index (χ2v) is 5.47. The third-order valence-corrected chi connectivity index (χ3v) is 4.39. The summed E-state index contributed by atoms with van der Waals surface area (Å²) in [6, 6.07) is 0.801. The van der Waals surface area contributed by atoms with E-state index in [1.807, 2.05) is 0 Å². The van der Waals surface area contributed by atoms with Gasteiger partial charge in [-0.1, -0.05) is 24.3 Å². The predicted octanol–water partition coefficient (Wildman–Crippen LogP) is 0.880. The normalized spacial score (nSPS) is 39.9. The van der Waals surface area contributed by atoms with Gasteiger partial charge in [-0.15, -0.1) is 0 Å². The molecule has 0 spiro atoms. The van der Waals surface area contributed by atoms with Crippen LogP contribution in [0.2, 0.25) is 0 Å². The first-order chi connectivity index (χ1) is 8.86. The van der Waals surface area contributed by atoms with Crippen molar-refractivity contribution in [1.29, 1.82) is 0 Å². The maximum Gasteiger partial charge on any atom is 0.240 e. The van der Waals surface area contributed by atoms with Gasteiger partial charge in [0.15, 0.2) is 0 Å². The van der Waals surface area contributed by atoms with E-state index in [1.54, 1.807) is 0 Å². The SMILES string of the molecule is O=C1NNC2C1CNC1CC=CC=CCCCC12. The minimum atomic E-state index is 0.105. The molecule has 0 aromatic rings. The molecule has 2 aliphatic heterocycles. The number of hydrogen-bond donors (Lipinski definition) is 3. The van der Waals surface area contributed by atoms with E-state index in [-0.39, 0.29) is 11.8 Å². The van der Waals surface area contributed by atoms with E-state index in [9.17, 15) is 4.79 Å². The molecule has 1 amide bonds. The molecule has 0 saturated carbocycles. The van der Waals surface area contributed by atoms with Gasteiger partial charge in [0.1, 0.15) is 0 Å². The number of nitrogens with one attached hydrogen (secondary N) is 3. The molecule has 4 atom stereocenters. The van der Waals surface area contributed by atoms with Gasteiger partial charge >= 0.3 is 0 Å². The smallest absolute Gasteiger partial charge is 0.240 e. The maximum atomic E-state index is 11.7. The van der Waals surface area contributed by atoms with Crippen molar-refractivity contribution in [2.45, 2.75) is 37.8 Å². The van der Waals surface area contributed by atoms with E-state index in [4.69, 9.17) is 0 Å². The van der Waals surface area contributed by atoms with Gasteiger partial charge in [-0.2, -0.15) is 0 Å². The van der Waals surface area contributed by atoms with E-state index >= 15 is 0 Å². The minimum Gasteiger partial charge on any atom is -0.312 e. The van der Waals surface area contributed by atoms with E-state index < -0.39 is 0 Å². The second kappa shape index (κ2) is 5.24. The molecule has 0 bridgehead atoms. The van der Waals surface area contributed by atoms with Gasteiger partial charge in [0.25, 0.3) is 0 Å². The molecule has 3 aliphatic rings. The van der Waals surface area contributed by atoms with Crippen LogP contribution in [0, 0.1) is 11.8 Å². The Kier molecular flexibility index (Phi) is 3.48. The molecule has 4 heteroatoms. The molecule has 3 rings (SSSR count). The van der Waals surface area contributed by atoms with Gasteiger partial charge in [0, 0.05) is 18.6 Å². The zero-order chi connectivity index (χ0) is 12.4. The summed E-state index contributed by atoms with van der Waals surface area (Å²) < 4.78 is 0. The predicted molar refractivity (Wildman–Crippen MR) is 70.6 cm³/mol. The monoisotopic (exact) mass is 247 g/mol. The number of hydrazine groups is 1. The number of carbonyl (C=O) groups excluding carboxylic acids is 1. The Bertz CT molecular complexity index is 377. The molecule has 18 heavy (non-hydrogen) atoms. The van der Waals surface area contributed by atoms with Gasteiger partial charge in [-0.05, 0) is 31.6 Å². The Morgan fingerprint density at radius 1 is 1.22 bits per heavy atom. The van der Waals surface area contributed by atoms with Crippen LogP contribution in [0.3, 0.4) is 0 Å². The fraction of sp³-hybridized carbons (Fsp3) is 0.643. The molecule has 4 unspecified atom stereocenters. The average molecular weight is 247 g/mol. The maximum absolute atomic E-state index is 11.7. The van der Waals surface area contributed by atoms with Crippen molar-refractivity contribution in [2.24, 2.45) is 11.8 Å². The van der Waals surface area contributed by atoms with Crippen LogP contribution >= 0.6 is 0 Å². The summed E-state index contributed by atoms with van der Waals surface area (Å²) in [5.74, 6) is 0.797. The van der Waals surface area contributed by atoms with Crippen LogP contribution in [0.4, 0.5) is 0 Å². The molecule has 0 aromatic carbocycles. The van der Waals surface area contributed by atoms with E-state index in [2.05, 4.69) is 40.5 Å². The Hall–Kier alpha value is -1.13. The zero-order valence-corrected chi connectivity index (χ0v) is 10.6. The molecule has 2 heterocycles. The zero-order valence-electron chi connectivity index (χ0n) is 10.6. The highest BCUT2D eigenvalue weighted by molar-refractivity contribution is 5.81. The fourth-order valence-electron chi connectivity index (χ4n) is 3.40. The lowest BCUT2D eigenvalue weighted by molar-refractivity contribution is -0.123. The fourth-order valence-corrected chi connectivity index (χ4v) is 3.40. The second-order valence-electron chi connectivity index (χ2n) is 5.47. The summed E-state index contributed by atoms with van der Waals surface area (Å²) in [5.41, 5.74) is 6.01. The molecule has 98 valence electrons. The van der Waals surface area contributed by atoms with Crippen molar-refractivity contribution in [3.63, 3.8) is 0 Å². The summed E-state index contributed by atoms with van der Waals surface area (Å²) in [4.78, 5) is 11.7. The van der Waals surface area contributed by atoms with Crippen LogP contribution in [-0.2, 0) is 4.79 Å². The quantitative estimate of drug-likeness (QED) is 0.595. The van der Waals surface area contributed by atoms with Crippen molar-refractivity contribution in [2.75, 3.05) is 6.54 Å². The number of fused-ring (bicyclic) bond motifs is 3. The third kappa shape index (κ3) is 2.22. The van der Waals surface area contributed by atoms with Crippen LogP contribution in [0.15, 0.2) is 24.3 Å². The number of allylic oxidation sites excluding steroid dienone is 3. The Labute approximate surface area is 108 Å². The molecule has 0 aromatic heterocycles. The standard InChI is InChI=1S/C14H21N3O/c18-14-11-9-15-12-8-6-4-2-1-3-5-7-10(12)13(11)16-17-14/h1-2,4,6,10-13,15-16H,3,5,7-9H2,(H,17,18). The molecule has 2 saturated heterocycles. The first kappa shape index (κ1) is 11.9. The van der Waals surface area contributed by atoms with Gasteiger partial charge < -0.3 is 5.32 Å². The first-order valence-corrected chi connectivity index (χ1v) is 6.96. The van der Waals surface area contributed by atoms with Crippen LogP contribution in [-0.4, -0.2) is 24.5 Å². The van der Waals surface area contributed by atoms with Gasteiger partial charge in [0.05, 0.1) is 5.92 Å². The molecule has 2 fully saturated rings. The van der Waals surface area contributed by atoms with Gasteiger partial charge in [-0.3, -0.25) is 10.2 Å². The number of piperidine rings is 1. The van der Waals surface area contributed by atoms with E-state index in [1.165, 1.54) is 12.8 Å². The molecule has 4 nitrogen and oxygen atoms in total. The summed E-state index contributed by atoms with van der Waals surface area (Å²) in [6.45, 7) is 0.800. The lowest BCUT2D eigenvalue weighted by atomic mass is 9.76.